The first-order chi connectivity index (χ1) is 9.50. The van der Waals surface area contributed by atoms with Crippen LogP contribution in [0.4, 0.5) is 0 Å². The molecule has 0 bridgehead atoms. The maximum Gasteiger partial charge on any atom is 0.273 e. The Balaban J connectivity index is 2.13. The van der Waals surface area contributed by atoms with Gasteiger partial charge in [-0.05, 0) is 43.4 Å². The molecule has 0 radical (unpaired) electrons. The molecular weight excluding hydrogens is 276 g/mol. The molecule has 1 heterocycles. The minimum Gasteiger partial charge on any atom is -0.297 e. The molecule has 0 aliphatic heterocycles. The van der Waals surface area contributed by atoms with Crippen LogP contribution in [0.2, 0.25) is 0 Å². The Labute approximate surface area is 117 Å². The molecule has 1 aromatic heterocycles. The zero-order valence-electron chi connectivity index (χ0n) is 11.2. The van der Waals surface area contributed by atoms with Crippen LogP contribution in [-0.4, -0.2) is 23.2 Å². The second-order valence-corrected chi connectivity index (χ2v) is 6.39. The van der Waals surface area contributed by atoms with E-state index in [2.05, 4.69) is 22.3 Å². The number of sulfonamides is 1. The van der Waals surface area contributed by atoms with Crippen LogP contribution in [0, 0.1) is 0 Å². The van der Waals surface area contributed by atoms with Gasteiger partial charge in [-0.1, -0.05) is 12.1 Å². The van der Waals surface area contributed by atoms with Gasteiger partial charge in [-0.2, -0.15) is 0 Å². The van der Waals surface area contributed by atoms with E-state index in [1.54, 1.807) is 0 Å². The molecule has 3 rings (SSSR count). The van der Waals surface area contributed by atoms with Crippen molar-refractivity contribution in [3.05, 3.63) is 29.3 Å². The van der Waals surface area contributed by atoms with Gasteiger partial charge in [-0.25, -0.2) is 13.6 Å². The highest BCUT2D eigenvalue weighted by Crippen LogP contribution is 2.28. The molecule has 2 N–H and O–H groups in total. The number of rotatable bonds is 3. The average Bonchev–Trinajstić information content (AvgIpc) is 3.03. The van der Waals surface area contributed by atoms with Gasteiger partial charge in [0.15, 0.2) is 5.82 Å². The Kier molecular flexibility index (Phi) is 3.10. The van der Waals surface area contributed by atoms with Crippen molar-refractivity contribution in [2.75, 3.05) is 0 Å². The highest BCUT2D eigenvalue weighted by Gasteiger charge is 2.22. The number of nitrogens with zero attached hydrogens (tertiary/aromatic N) is 3. The van der Waals surface area contributed by atoms with Crippen molar-refractivity contribution >= 4 is 10.0 Å². The largest absolute Gasteiger partial charge is 0.297 e. The van der Waals surface area contributed by atoms with Gasteiger partial charge in [-0.3, -0.25) is 4.57 Å². The second-order valence-electron chi connectivity index (χ2n) is 4.93. The van der Waals surface area contributed by atoms with Crippen LogP contribution in [0.1, 0.15) is 24.5 Å². The zero-order chi connectivity index (χ0) is 14.3. The van der Waals surface area contributed by atoms with Crippen molar-refractivity contribution in [1.29, 1.82) is 0 Å². The van der Waals surface area contributed by atoms with Crippen molar-refractivity contribution < 1.29 is 8.42 Å². The molecule has 0 unspecified atom stereocenters. The van der Waals surface area contributed by atoms with Gasteiger partial charge in [-0.15, -0.1) is 10.2 Å². The summed E-state index contributed by atoms with van der Waals surface area (Å²) >= 11 is 0. The number of nitrogens with two attached hydrogens (primary N) is 1. The quantitative estimate of drug-likeness (QED) is 0.917. The lowest BCUT2D eigenvalue weighted by molar-refractivity contribution is 0.571. The molecule has 0 saturated carbocycles. The molecule has 0 amide bonds. The second kappa shape index (κ2) is 4.68. The number of fused-ring (bicyclic) bond motifs is 1. The average molecular weight is 292 g/mol. The lowest BCUT2D eigenvalue weighted by atomic mass is 10.1. The molecule has 0 spiro atoms. The van der Waals surface area contributed by atoms with E-state index in [1.807, 2.05) is 13.0 Å². The van der Waals surface area contributed by atoms with E-state index in [0.29, 0.717) is 12.4 Å². The predicted octanol–water partition coefficient (Wildman–Crippen LogP) is 1.10. The number of benzene rings is 1. The van der Waals surface area contributed by atoms with E-state index in [-0.39, 0.29) is 5.16 Å². The summed E-state index contributed by atoms with van der Waals surface area (Å²) in [6, 6.07) is 6.13. The Hall–Kier alpha value is -1.73. The molecule has 6 nitrogen and oxygen atoms in total. The number of primary sulfonamides is 1. The zero-order valence-corrected chi connectivity index (χ0v) is 12.0. The van der Waals surface area contributed by atoms with E-state index in [9.17, 15) is 8.42 Å². The summed E-state index contributed by atoms with van der Waals surface area (Å²) in [5.74, 6) is 0.547. The fraction of sp³-hybridized carbons (Fsp3) is 0.385. The lowest BCUT2D eigenvalue weighted by Gasteiger charge is -2.07. The van der Waals surface area contributed by atoms with Gasteiger partial charge in [0, 0.05) is 12.1 Å². The molecule has 2 aromatic rings. The first-order valence-corrected chi connectivity index (χ1v) is 8.13. The molecule has 20 heavy (non-hydrogen) atoms. The summed E-state index contributed by atoms with van der Waals surface area (Å²) < 4.78 is 24.5. The smallest absolute Gasteiger partial charge is 0.273 e. The summed E-state index contributed by atoms with van der Waals surface area (Å²) in [6.45, 7) is 2.29. The molecular formula is C13H16N4O2S. The SMILES string of the molecule is CCn1c(-c2ccc3c(c2)CCC3)nnc1S(N)(=O)=O. The summed E-state index contributed by atoms with van der Waals surface area (Å²) in [5, 5.41) is 12.7. The first kappa shape index (κ1) is 13.3. The third-order valence-electron chi connectivity index (χ3n) is 3.64. The Morgan fingerprint density at radius 2 is 2.00 bits per heavy atom. The van der Waals surface area contributed by atoms with E-state index in [0.717, 1.165) is 18.4 Å². The monoisotopic (exact) mass is 292 g/mol. The maximum atomic E-state index is 11.5. The predicted molar refractivity (Wildman–Crippen MR) is 74.5 cm³/mol. The van der Waals surface area contributed by atoms with E-state index in [4.69, 9.17) is 5.14 Å². The van der Waals surface area contributed by atoms with Crippen molar-refractivity contribution in [2.45, 2.75) is 37.9 Å². The molecule has 1 aliphatic carbocycles. The van der Waals surface area contributed by atoms with Crippen LogP contribution in [0.15, 0.2) is 23.4 Å². The summed E-state index contributed by atoms with van der Waals surface area (Å²) in [6.07, 6.45) is 3.34. The van der Waals surface area contributed by atoms with Gasteiger partial charge in [0.2, 0.25) is 0 Å². The standard InChI is InChI=1S/C13H16N4O2S/c1-2-17-12(15-16-13(17)20(14,18)19)11-7-6-9-4-3-5-10(9)8-11/h6-8H,2-5H2,1H3,(H2,14,18,19). The Bertz CT molecular complexity index is 765. The highest BCUT2D eigenvalue weighted by atomic mass is 32.2. The van der Waals surface area contributed by atoms with E-state index >= 15 is 0 Å². The van der Waals surface area contributed by atoms with E-state index in [1.165, 1.54) is 22.1 Å². The first-order valence-electron chi connectivity index (χ1n) is 6.59. The molecule has 106 valence electrons. The van der Waals surface area contributed by atoms with Gasteiger partial charge < -0.3 is 0 Å². The molecule has 1 aromatic carbocycles. The van der Waals surface area contributed by atoms with Crippen molar-refractivity contribution in [3.63, 3.8) is 0 Å². The lowest BCUT2D eigenvalue weighted by Crippen LogP contribution is -2.18. The topological polar surface area (TPSA) is 90.9 Å². The molecule has 0 saturated heterocycles. The third kappa shape index (κ3) is 2.12. The van der Waals surface area contributed by atoms with Gasteiger partial charge >= 0.3 is 0 Å². The molecule has 7 heteroatoms. The number of hydrogen-bond donors (Lipinski definition) is 1. The van der Waals surface area contributed by atoms with Gasteiger partial charge in [0.05, 0.1) is 0 Å². The van der Waals surface area contributed by atoms with Crippen molar-refractivity contribution in [1.82, 2.24) is 14.8 Å². The van der Waals surface area contributed by atoms with Gasteiger partial charge in [0.1, 0.15) is 0 Å². The molecule has 1 aliphatic rings. The fourth-order valence-electron chi connectivity index (χ4n) is 2.71. The van der Waals surface area contributed by atoms with Crippen LogP contribution in [0.5, 0.6) is 0 Å². The summed E-state index contributed by atoms with van der Waals surface area (Å²) in [7, 11) is -3.85. The minimum absolute atomic E-state index is 0.185. The van der Waals surface area contributed by atoms with Crippen LogP contribution in [-0.2, 0) is 29.4 Å². The van der Waals surface area contributed by atoms with Crippen LogP contribution < -0.4 is 5.14 Å². The summed E-state index contributed by atoms with van der Waals surface area (Å²) in [5.41, 5.74) is 3.56. The molecule has 0 atom stereocenters. The van der Waals surface area contributed by atoms with Gasteiger partial charge in [0.25, 0.3) is 15.2 Å². The van der Waals surface area contributed by atoms with Crippen molar-refractivity contribution in [2.24, 2.45) is 5.14 Å². The number of aromatic nitrogens is 3. The summed E-state index contributed by atoms with van der Waals surface area (Å²) in [4.78, 5) is 0. The van der Waals surface area contributed by atoms with Crippen LogP contribution in [0.25, 0.3) is 11.4 Å². The van der Waals surface area contributed by atoms with Crippen LogP contribution in [0.3, 0.4) is 0 Å². The Morgan fingerprint density at radius 1 is 1.25 bits per heavy atom. The minimum atomic E-state index is -3.85. The van der Waals surface area contributed by atoms with Crippen LogP contribution >= 0.6 is 0 Å². The normalized spacial score (nSPS) is 14.5. The highest BCUT2D eigenvalue weighted by molar-refractivity contribution is 7.89. The van der Waals surface area contributed by atoms with Crippen molar-refractivity contribution in [3.8, 4) is 11.4 Å². The number of hydrogen-bond acceptors (Lipinski definition) is 4. The maximum absolute atomic E-state index is 11.5. The number of aryl methyl sites for hydroxylation is 2. The Morgan fingerprint density at radius 3 is 2.70 bits per heavy atom. The van der Waals surface area contributed by atoms with E-state index < -0.39 is 10.0 Å². The third-order valence-corrected chi connectivity index (χ3v) is 4.46. The molecule has 0 fully saturated rings. The fourth-order valence-corrected chi connectivity index (χ4v) is 3.39.